The van der Waals surface area contributed by atoms with Crippen molar-refractivity contribution < 1.29 is 5.11 Å². The second-order valence-corrected chi connectivity index (χ2v) is 7.74. The molecule has 1 aliphatic rings. The first-order valence-corrected chi connectivity index (χ1v) is 10.2. The number of hydrogen-bond donors (Lipinski definition) is 5. The molecule has 0 unspecified atom stereocenters. The lowest BCUT2D eigenvalue weighted by molar-refractivity contribution is 0.0845. The van der Waals surface area contributed by atoms with Crippen molar-refractivity contribution in [2.45, 2.75) is 25.5 Å². The van der Waals surface area contributed by atoms with E-state index >= 15 is 0 Å². The number of benzene rings is 1. The third-order valence-corrected chi connectivity index (χ3v) is 5.55. The van der Waals surface area contributed by atoms with E-state index in [2.05, 4.69) is 25.5 Å². The van der Waals surface area contributed by atoms with Gasteiger partial charge in [-0.1, -0.05) is 29.3 Å². The minimum Gasteiger partial charge on any atom is -0.393 e. The Bertz CT molecular complexity index is 912. The van der Waals surface area contributed by atoms with Gasteiger partial charge in [-0.05, 0) is 30.5 Å². The van der Waals surface area contributed by atoms with Crippen molar-refractivity contribution in [1.82, 2.24) is 14.9 Å². The lowest BCUT2D eigenvalue weighted by atomic mass is 10.1. The van der Waals surface area contributed by atoms with Crippen molar-refractivity contribution in [3.05, 3.63) is 49.9 Å². The molecule has 1 aromatic heterocycles. The Morgan fingerprint density at radius 3 is 2.72 bits per heavy atom. The summed E-state index contributed by atoms with van der Waals surface area (Å²) in [4.78, 5) is 21.7. The van der Waals surface area contributed by atoms with Gasteiger partial charge in [0.2, 0.25) is 5.95 Å². The minimum atomic E-state index is -0.343. The predicted molar refractivity (Wildman–Crippen MR) is 117 cm³/mol. The van der Waals surface area contributed by atoms with Crippen LogP contribution in [-0.4, -0.2) is 58.5 Å². The van der Waals surface area contributed by atoms with Gasteiger partial charge in [0, 0.05) is 38.9 Å². The average Bonchev–Trinajstić information content (AvgIpc) is 2.71. The molecule has 8 nitrogen and oxygen atoms in total. The van der Waals surface area contributed by atoms with Gasteiger partial charge in [-0.3, -0.25) is 9.78 Å². The molecule has 0 atom stereocenters. The van der Waals surface area contributed by atoms with Crippen molar-refractivity contribution in [3.8, 4) is 0 Å². The maximum Gasteiger partial charge on any atom is 0.276 e. The van der Waals surface area contributed by atoms with E-state index < -0.39 is 0 Å². The van der Waals surface area contributed by atoms with Crippen LogP contribution < -0.4 is 16.2 Å². The first-order valence-electron chi connectivity index (χ1n) is 9.43. The van der Waals surface area contributed by atoms with Gasteiger partial charge in [0.1, 0.15) is 11.4 Å². The van der Waals surface area contributed by atoms with Crippen molar-refractivity contribution in [2.75, 3.05) is 36.8 Å². The van der Waals surface area contributed by atoms with E-state index in [1.807, 2.05) is 6.07 Å². The molecule has 1 aliphatic heterocycles. The minimum absolute atomic E-state index is 0.209. The predicted octanol–water partition coefficient (Wildman–Crippen LogP) is 2.56. The number of rotatable bonds is 8. The number of halogens is 2. The molecule has 2 heterocycles. The number of likely N-dealkylation sites (tertiary alicyclic amines) is 1. The Morgan fingerprint density at radius 2 is 2.03 bits per heavy atom. The van der Waals surface area contributed by atoms with Crippen LogP contribution in [-0.2, 0) is 6.54 Å². The standard InChI is InChI=1S/C19H24Cl2N6O2/c20-14-2-1-12(9-15(14)21)11-24-19-25-16(10-22)17(18(29)26-19)23-5-8-27-6-3-13(28)4-7-27/h1-2,9-10,13,22-23,28H,3-8,11H2,(H2,24,25,26,29). The van der Waals surface area contributed by atoms with E-state index in [9.17, 15) is 9.90 Å². The van der Waals surface area contributed by atoms with E-state index in [0.29, 0.717) is 23.1 Å². The van der Waals surface area contributed by atoms with Gasteiger partial charge in [0.15, 0.2) is 0 Å². The fourth-order valence-corrected chi connectivity index (χ4v) is 3.49. The first-order chi connectivity index (χ1) is 14.0. The second-order valence-electron chi connectivity index (χ2n) is 6.92. The van der Waals surface area contributed by atoms with Gasteiger partial charge in [0.05, 0.1) is 16.1 Å². The van der Waals surface area contributed by atoms with E-state index in [1.54, 1.807) is 12.1 Å². The Kier molecular flexibility index (Phi) is 7.49. The normalized spacial score (nSPS) is 15.3. The molecular formula is C19H24Cl2N6O2. The quantitative estimate of drug-likeness (QED) is 0.404. The zero-order valence-electron chi connectivity index (χ0n) is 15.8. The highest BCUT2D eigenvalue weighted by atomic mass is 35.5. The Labute approximate surface area is 178 Å². The largest absolute Gasteiger partial charge is 0.393 e. The molecule has 1 fully saturated rings. The maximum absolute atomic E-state index is 12.5. The molecule has 3 rings (SSSR count). The molecule has 29 heavy (non-hydrogen) atoms. The van der Waals surface area contributed by atoms with Gasteiger partial charge in [-0.15, -0.1) is 0 Å². The number of piperidine rings is 1. The number of anilines is 2. The van der Waals surface area contributed by atoms with Crippen LogP contribution in [0.1, 0.15) is 24.1 Å². The summed E-state index contributed by atoms with van der Waals surface area (Å²) >= 11 is 11.9. The van der Waals surface area contributed by atoms with Crippen LogP contribution >= 0.6 is 23.2 Å². The molecule has 156 valence electrons. The third-order valence-electron chi connectivity index (χ3n) is 4.81. The Hall–Kier alpha value is -2.13. The first kappa shape index (κ1) is 21.6. The number of hydrogen-bond acceptors (Lipinski definition) is 7. The van der Waals surface area contributed by atoms with Crippen LogP contribution in [0.5, 0.6) is 0 Å². The molecule has 5 N–H and O–H groups in total. The molecule has 0 aliphatic carbocycles. The van der Waals surface area contributed by atoms with Crippen molar-refractivity contribution >= 4 is 41.1 Å². The summed E-state index contributed by atoms with van der Waals surface area (Å²) < 4.78 is 0. The molecule has 0 bridgehead atoms. The fraction of sp³-hybridized carbons (Fsp3) is 0.421. The van der Waals surface area contributed by atoms with Crippen molar-refractivity contribution in [1.29, 1.82) is 5.41 Å². The summed E-state index contributed by atoms with van der Waals surface area (Å²) in [5, 5.41) is 24.2. The summed E-state index contributed by atoms with van der Waals surface area (Å²) in [5.41, 5.74) is 1.08. The monoisotopic (exact) mass is 438 g/mol. The lowest BCUT2D eigenvalue weighted by Crippen LogP contribution is -2.38. The number of aliphatic hydroxyl groups is 1. The maximum atomic E-state index is 12.5. The summed E-state index contributed by atoms with van der Waals surface area (Å²) in [7, 11) is 0. The van der Waals surface area contributed by atoms with E-state index in [4.69, 9.17) is 28.6 Å². The number of aliphatic hydroxyl groups excluding tert-OH is 1. The molecule has 10 heteroatoms. The fourth-order valence-electron chi connectivity index (χ4n) is 3.17. The van der Waals surface area contributed by atoms with E-state index in [1.165, 1.54) is 0 Å². The molecule has 0 saturated carbocycles. The summed E-state index contributed by atoms with van der Waals surface area (Å²) in [6.45, 7) is 3.38. The molecule has 1 saturated heterocycles. The van der Waals surface area contributed by atoms with Crippen LogP contribution in [0.2, 0.25) is 10.0 Å². The zero-order valence-corrected chi connectivity index (χ0v) is 17.4. The molecule has 2 aromatic rings. The van der Waals surface area contributed by atoms with E-state index in [0.717, 1.165) is 44.3 Å². The van der Waals surface area contributed by atoms with Crippen LogP contribution in [0.3, 0.4) is 0 Å². The van der Waals surface area contributed by atoms with Crippen LogP contribution in [0, 0.1) is 5.41 Å². The smallest absolute Gasteiger partial charge is 0.276 e. The average molecular weight is 439 g/mol. The summed E-state index contributed by atoms with van der Waals surface area (Å²) in [6.07, 6.45) is 2.39. The van der Waals surface area contributed by atoms with E-state index in [-0.39, 0.29) is 29.0 Å². The van der Waals surface area contributed by atoms with Gasteiger partial charge < -0.3 is 26.0 Å². The van der Waals surface area contributed by atoms with Gasteiger partial charge >= 0.3 is 0 Å². The SMILES string of the molecule is N=Cc1nc(NCc2ccc(Cl)c(Cl)c2)[nH]c(=O)c1NCCN1CCC(O)CC1. The Morgan fingerprint density at radius 1 is 1.28 bits per heavy atom. The van der Waals surface area contributed by atoms with Crippen LogP contribution in [0.25, 0.3) is 0 Å². The highest BCUT2D eigenvalue weighted by Crippen LogP contribution is 2.22. The zero-order chi connectivity index (χ0) is 20.8. The molecule has 1 aromatic carbocycles. The van der Waals surface area contributed by atoms with Crippen molar-refractivity contribution in [2.24, 2.45) is 0 Å². The van der Waals surface area contributed by atoms with Crippen LogP contribution in [0.4, 0.5) is 11.6 Å². The number of nitrogens with zero attached hydrogens (tertiary/aromatic N) is 2. The van der Waals surface area contributed by atoms with Gasteiger partial charge in [-0.2, -0.15) is 0 Å². The number of H-pyrrole nitrogens is 1. The molecule has 0 amide bonds. The topological polar surface area (TPSA) is 117 Å². The molecule has 0 radical (unpaired) electrons. The second kappa shape index (κ2) is 10.1. The number of nitrogens with one attached hydrogen (secondary N) is 4. The Balaban J connectivity index is 1.60. The summed E-state index contributed by atoms with van der Waals surface area (Å²) in [6, 6.07) is 5.27. The third kappa shape index (κ3) is 5.93. The summed E-state index contributed by atoms with van der Waals surface area (Å²) in [5.74, 6) is 0.273. The van der Waals surface area contributed by atoms with Gasteiger partial charge in [-0.25, -0.2) is 4.98 Å². The number of aromatic amines is 1. The van der Waals surface area contributed by atoms with Crippen LogP contribution in [0.15, 0.2) is 23.0 Å². The molecular weight excluding hydrogens is 415 g/mol. The van der Waals surface area contributed by atoms with Crippen molar-refractivity contribution in [3.63, 3.8) is 0 Å². The number of aromatic nitrogens is 2. The molecule has 0 spiro atoms. The highest BCUT2D eigenvalue weighted by Gasteiger charge is 2.17. The van der Waals surface area contributed by atoms with Gasteiger partial charge in [0.25, 0.3) is 5.56 Å². The lowest BCUT2D eigenvalue weighted by Gasteiger charge is -2.29. The highest BCUT2D eigenvalue weighted by molar-refractivity contribution is 6.42.